The molecule has 4 rings (SSSR count). The van der Waals surface area contributed by atoms with E-state index in [0.717, 1.165) is 38.8 Å². The molecule has 4 atom stereocenters. The van der Waals surface area contributed by atoms with E-state index >= 15 is 0 Å². The van der Waals surface area contributed by atoms with Crippen LogP contribution >= 0.6 is 0 Å². The molecule has 3 amide bonds. The van der Waals surface area contributed by atoms with Gasteiger partial charge in [0.1, 0.15) is 5.54 Å². The van der Waals surface area contributed by atoms with Gasteiger partial charge in [0.05, 0.1) is 12.6 Å². The Balaban J connectivity index is 1.62. The number of carbonyl (C=O) groups is 2. The number of urea groups is 1. The lowest BCUT2D eigenvalue weighted by Crippen LogP contribution is -2.51. The number of piperidine rings is 1. The van der Waals surface area contributed by atoms with Gasteiger partial charge in [-0.3, -0.25) is 9.69 Å². The summed E-state index contributed by atoms with van der Waals surface area (Å²) >= 11 is 0. The van der Waals surface area contributed by atoms with E-state index in [-0.39, 0.29) is 24.1 Å². The highest BCUT2D eigenvalue weighted by Gasteiger charge is 2.63. The van der Waals surface area contributed by atoms with Crippen molar-refractivity contribution in [2.24, 2.45) is 5.92 Å². The van der Waals surface area contributed by atoms with E-state index in [9.17, 15) is 9.59 Å². The SMILES string of the molecule is CC(C)N1C(=O)N(CC2CCCO2)C(=O)C12CC1CCCNC1C2. The van der Waals surface area contributed by atoms with E-state index in [1.54, 1.807) is 0 Å². The van der Waals surface area contributed by atoms with E-state index in [1.165, 1.54) is 17.7 Å². The second-order valence-electron chi connectivity index (χ2n) is 8.20. The smallest absolute Gasteiger partial charge is 0.327 e. The fourth-order valence-electron chi connectivity index (χ4n) is 5.38. The lowest BCUT2D eigenvalue weighted by atomic mass is 9.91. The first-order valence-corrected chi connectivity index (χ1v) is 9.53. The second kappa shape index (κ2) is 5.99. The fourth-order valence-corrected chi connectivity index (χ4v) is 5.38. The molecule has 4 aliphatic rings. The van der Waals surface area contributed by atoms with Crippen molar-refractivity contribution in [2.45, 2.75) is 76.1 Å². The van der Waals surface area contributed by atoms with Crippen LogP contribution in [-0.4, -0.2) is 65.2 Å². The highest BCUT2D eigenvalue weighted by molar-refractivity contribution is 6.07. The van der Waals surface area contributed by atoms with Crippen molar-refractivity contribution < 1.29 is 14.3 Å². The summed E-state index contributed by atoms with van der Waals surface area (Å²) in [7, 11) is 0. The molecule has 1 aliphatic carbocycles. The van der Waals surface area contributed by atoms with Gasteiger partial charge in [0.25, 0.3) is 5.91 Å². The predicted molar refractivity (Wildman–Crippen MR) is 89.5 cm³/mol. The summed E-state index contributed by atoms with van der Waals surface area (Å²) in [6.45, 7) is 6.25. The molecule has 0 aromatic heterocycles. The first-order chi connectivity index (χ1) is 11.5. The van der Waals surface area contributed by atoms with Crippen molar-refractivity contribution in [1.82, 2.24) is 15.1 Å². The minimum Gasteiger partial charge on any atom is -0.376 e. The Morgan fingerprint density at radius 1 is 1.25 bits per heavy atom. The van der Waals surface area contributed by atoms with Gasteiger partial charge < -0.3 is 15.0 Å². The van der Waals surface area contributed by atoms with Crippen LogP contribution in [-0.2, 0) is 9.53 Å². The van der Waals surface area contributed by atoms with E-state index < -0.39 is 5.54 Å². The maximum atomic E-state index is 13.4. The topological polar surface area (TPSA) is 61.9 Å². The predicted octanol–water partition coefficient (Wildman–Crippen LogP) is 1.74. The molecule has 0 aromatic rings. The molecule has 4 unspecified atom stereocenters. The number of amides is 3. The molecule has 134 valence electrons. The molecule has 0 aromatic carbocycles. The van der Waals surface area contributed by atoms with E-state index in [4.69, 9.17) is 4.74 Å². The molecule has 3 heterocycles. The summed E-state index contributed by atoms with van der Waals surface area (Å²) in [4.78, 5) is 29.8. The Morgan fingerprint density at radius 2 is 2.08 bits per heavy atom. The van der Waals surface area contributed by atoms with Gasteiger partial charge in [0.2, 0.25) is 0 Å². The number of nitrogens with one attached hydrogen (secondary N) is 1. The first kappa shape index (κ1) is 16.3. The van der Waals surface area contributed by atoms with Crippen LogP contribution in [0.2, 0.25) is 0 Å². The normalized spacial score (nSPS) is 39.5. The molecule has 0 radical (unpaired) electrons. The molecule has 1 N–H and O–H groups in total. The Labute approximate surface area is 143 Å². The number of nitrogens with zero attached hydrogens (tertiary/aromatic N) is 2. The average Bonchev–Trinajstić information content (AvgIpc) is 3.22. The van der Waals surface area contributed by atoms with Crippen LogP contribution in [0.15, 0.2) is 0 Å². The van der Waals surface area contributed by atoms with Crippen LogP contribution in [0.5, 0.6) is 0 Å². The summed E-state index contributed by atoms with van der Waals surface area (Å²) in [5.41, 5.74) is -0.628. The van der Waals surface area contributed by atoms with E-state index in [1.807, 2.05) is 18.7 Å². The van der Waals surface area contributed by atoms with Crippen molar-refractivity contribution in [3.05, 3.63) is 0 Å². The molecular formula is C18H29N3O3. The van der Waals surface area contributed by atoms with Crippen molar-refractivity contribution in [1.29, 1.82) is 0 Å². The monoisotopic (exact) mass is 335 g/mol. The lowest BCUT2D eigenvalue weighted by Gasteiger charge is -2.34. The molecule has 0 bridgehead atoms. The first-order valence-electron chi connectivity index (χ1n) is 9.53. The van der Waals surface area contributed by atoms with Gasteiger partial charge in [0.15, 0.2) is 0 Å². The number of fused-ring (bicyclic) bond motifs is 1. The maximum absolute atomic E-state index is 13.4. The fraction of sp³-hybridized carbons (Fsp3) is 0.889. The van der Waals surface area contributed by atoms with Crippen LogP contribution < -0.4 is 5.32 Å². The van der Waals surface area contributed by atoms with Gasteiger partial charge in [-0.1, -0.05) is 0 Å². The summed E-state index contributed by atoms with van der Waals surface area (Å²) in [5.74, 6) is 0.535. The van der Waals surface area contributed by atoms with Gasteiger partial charge in [-0.25, -0.2) is 4.79 Å². The van der Waals surface area contributed by atoms with Gasteiger partial charge in [0, 0.05) is 18.7 Å². The Hall–Kier alpha value is -1.14. The van der Waals surface area contributed by atoms with Crippen molar-refractivity contribution >= 4 is 11.9 Å². The van der Waals surface area contributed by atoms with E-state index in [0.29, 0.717) is 18.5 Å². The Bertz CT molecular complexity index is 516. The lowest BCUT2D eigenvalue weighted by molar-refractivity contribution is -0.134. The number of rotatable bonds is 3. The summed E-state index contributed by atoms with van der Waals surface area (Å²) in [6, 6.07) is 0.305. The van der Waals surface area contributed by atoms with Crippen LogP contribution in [0.3, 0.4) is 0 Å². The molecule has 3 aliphatic heterocycles. The number of imide groups is 1. The molecule has 1 saturated carbocycles. The number of hydrogen-bond donors (Lipinski definition) is 1. The summed E-state index contributed by atoms with van der Waals surface area (Å²) in [6.07, 6.45) is 5.90. The highest BCUT2D eigenvalue weighted by atomic mass is 16.5. The maximum Gasteiger partial charge on any atom is 0.327 e. The van der Waals surface area contributed by atoms with Gasteiger partial charge >= 0.3 is 6.03 Å². The standard InChI is InChI=1S/C18H29N3O3/c1-12(2)21-17(23)20(11-14-6-4-8-24-14)16(22)18(21)9-13-5-3-7-19-15(13)10-18/h12-15,19H,3-11H2,1-2H3. The van der Waals surface area contributed by atoms with E-state index in [2.05, 4.69) is 5.32 Å². The second-order valence-corrected chi connectivity index (χ2v) is 8.20. The quantitative estimate of drug-likeness (QED) is 0.798. The van der Waals surface area contributed by atoms with Gasteiger partial charge in [-0.15, -0.1) is 0 Å². The molecule has 3 saturated heterocycles. The van der Waals surface area contributed by atoms with Crippen molar-refractivity contribution in [3.8, 4) is 0 Å². The van der Waals surface area contributed by atoms with Crippen molar-refractivity contribution in [2.75, 3.05) is 19.7 Å². The third-order valence-electron chi connectivity index (χ3n) is 6.35. The molecule has 24 heavy (non-hydrogen) atoms. The van der Waals surface area contributed by atoms with Gasteiger partial charge in [-0.05, 0) is 64.8 Å². The number of hydrogen-bond acceptors (Lipinski definition) is 4. The third kappa shape index (κ3) is 2.37. The molecule has 6 nitrogen and oxygen atoms in total. The third-order valence-corrected chi connectivity index (χ3v) is 6.35. The average molecular weight is 335 g/mol. The zero-order chi connectivity index (χ0) is 16.9. The van der Waals surface area contributed by atoms with Gasteiger partial charge in [-0.2, -0.15) is 0 Å². The molecule has 1 spiro atoms. The highest BCUT2D eigenvalue weighted by Crippen LogP contribution is 2.48. The Morgan fingerprint density at radius 3 is 2.75 bits per heavy atom. The largest absolute Gasteiger partial charge is 0.376 e. The van der Waals surface area contributed by atoms with Crippen LogP contribution in [0.1, 0.15) is 52.4 Å². The van der Waals surface area contributed by atoms with Crippen LogP contribution in [0.25, 0.3) is 0 Å². The Kier molecular flexibility index (Phi) is 4.07. The summed E-state index contributed by atoms with van der Waals surface area (Å²) < 4.78 is 5.68. The van der Waals surface area contributed by atoms with Crippen LogP contribution in [0.4, 0.5) is 4.79 Å². The van der Waals surface area contributed by atoms with Crippen LogP contribution in [0, 0.1) is 5.92 Å². The molecule has 4 fully saturated rings. The molecule has 6 heteroatoms. The minimum absolute atomic E-state index is 0.0175. The van der Waals surface area contributed by atoms with Crippen molar-refractivity contribution in [3.63, 3.8) is 0 Å². The summed E-state index contributed by atoms with van der Waals surface area (Å²) in [5, 5.41) is 3.58. The molecular weight excluding hydrogens is 306 g/mol. The number of carbonyl (C=O) groups excluding carboxylic acids is 2. The number of ether oxygens (including phenoxy) is 1. The minimum atomic E-state index is -0.628. The zero-order valence-electron chi connectivity index (χ0n) is 14.8. The zero-order valence-corrected chi connectivity index (χ0v) is 14.8.